The van der Waals surface area contributed by atoms with Gasteiger partial charge in [0.25, 0.3) is 0 Å². The molecule has 0 amide bonds. The molecule has 2 nitrogen and oxygen atoms in total. The maximum atomic E-state index is 11.1. The highest BCUT2D eigenvalue weighted by Gasteiger charge is 2.00. The lowest BCUT2D eigenvalue weighted by molar-refractivity contribution is 0.823. The quantitative estimate of drug-likeness (QED) is 0.546. The molecule has 1 aromatic heterocycles. The smallest absolute Gasteiger partial charge is 0.250 e. The molecular weight excluding hydrogens is 213 g/mol. The van der Waals surface area contributed by atoms with Gasteiger partial charge in [0, 0.05) is 18.4 Å². The van der Waals surface area contributed by atoms with Crippen LogP contribution in [0.3, 0.4) is 0 Å². The van der Waals surface area contributed by atoms with Crippen molar-refractivity contribution in [1.82, 2.24) is 4.57 Å². The summed E-state index contributed by atoms with van der Waals surface area (Å²) in [5.41, 5.74) is 0.0129. The van der Waals surface area contributed by atoms with Crippen LogP contribution >= 0.6 is 23.2 Å². The molecule has 0 aliphatic heterocycles. The first-order chi connectivity index (χ1) is 5.70. The van der Waals surface area contributed by atoms with E-state index < -0.39 is 9.52 Å². The minimum Gasteiger partial charge on any atom is -0.319 e. The summed E-state index contributed by atoms with van der Waals surface area (Å²) >= 11 is 11.2. The Kier molecular flexibility index (Phi) is 3.85. The Morgan fingerprint density at radius 2 is 2.25 bits per heavy atom. The number of nitrogens with zero attached hydrogens (tertiary/aromatic N) is 1. The molecule has 0 bridgehead atoms. The summed E-state index contributed by atoms with van der Waals surface area (Å²) in [5.74, 6) is 0. The Bertz CT molecular complexity index is 299. The van der Waals surface area contributed by atoms with Crippen molar-refractivity contribution in [3.63, 3.8) is 0 Å². The van der Waals surface area contributed by atoms with Gasteiger partial charge in [-0.25, -0.2) is 0 Å². The zero-order valence-corrected chi connectivity index (χ0v) is 9.34. The summed E-state index contributed by atoms with van der Waals surface area (Å²) in [6.45, 7) is 0. The van der Waals surface area contributed by atoms with E-state index in [9.17, 15) is 4.79 Å². The Morgan fingerprint density at radius 3 is 2.83 bits per heavy atom. The lowest BCUT2D eigenvalue weighted by atomic mass is 10.5. The van der Waals surface area contributed by atoms with E-state index in [2.05, 4.69) is 0 Å². The average Bonchev–Trinajstić information content (AvgIpc) is 2.03. The molecule has 0 radical (unpaired) electrons. The molecule has 66 valence electrons. The van der Waals surface area contributed by atoms with Crippen molar-refractivity contribution in [3.8, 4) is 0 Å². The van der Waals surface area contributed by atoms with Gasteiger partial charge in [-0.2, -0.15) is 0 Å². The van der Waals surface area contributed by atoms with Gasteiger partial charge < -0.3 is 4.57 Å². The summed E-state index contributed by atoms with van der Waals surface area (Å²) < 4.78 is 1.38. The summed E-state index contributed by atoms with van der Waals surface area (Å²) in [7, 11) is -0.580. The fourth-order valence-corrected chi connectivity index (χ4v) is 2.31. The first-order valence-corrected chi connectivity index (χ1v) is 6.32. The van der Waals surface area contributed by atoms with E-state index in [1.165, 1.54) is 6.07 Å². The Morgan fingerprint density at radius 1 is 1.50 bits per heavy atom. The van der Waals surface area contributed by atoms with Crippen LogP contribution in [0.25, 0.3) is 0 Å². The minimum atomic E-state index is -0.580. The van der Waals surface area contributed by atoms with Gasteiger partial charge in [0.15, 0.2) is 0 Å². The number of alkyl halides is 2. The molecule has 0 unspecified atom stereocenters. The van der Waals surface area contributed by atoms with Crippen LogP contribution in [-0.4, -0.2) is 18.5 Å². The molecule has 1 rings (SSSR count). The standard InChI is InChI=1S/C7H9Cl2NOSi/c8-7(9)12-5-10-4-2-1-3-6(10)11/h1-4,7H,5,12H2. The number of hydrogen-bond acceptors (Lipinski definition) is 1. The fourth-order valence-electron chi connectivity index (χ4n) is 0.882. The fraction of sp³-hybridized carbons (Fsp3) is 0.286. The second-order valence-electron chi connectivity index (χ2n) is 2.41. The van der Waals surface area contributed by atoms with Crippen LogP contribution in [0.1, 0.15) is 0 Å². The Hall–Kier alpha value is -0.253. The second kappa shape index (κ2) is 4.69. The van der Waals surface area contributed by atoms with E-state index in [0.717, 1.165) is 0 Å². The van der Waals surface area contributed by atoms with Gasteiger partial charge in [-0.05, 0) is 6.07 Å². The van der Waals surface area contributed by atoms with E-state index >= 15 is 0 Å². The molecule has 0 saturated carbocycles. The van der Waals surface area contributed by atoms with Crippen LogP contribution in [0.15, 0.2) is 29.2 Å². The SMILES string of the molecule is O=c1ccccn1C[SiH2]C(Cl)Cl. The first-order valence-electron chi connectivity index (χ1n) is 3.64. The highest BCUT2D eigenvalue weighted by Crippen LogP contribution is 1.98. The maximum Gasteiger partial charge on any atom is 0.250 e. The molecule has 0 aromatic carbocycles. The number of hydrogen-bond donors (Lipinski definition) is 0. The van der Waals surface area contributed by atoms with Crippen molar-refractivity contribution in [3.05, 3.63) is 34.7 Å². The normalized spacial score (nSPS) is 11.6. The molecule has 1 heterocycles. The monoisotopic (exact) mass is 221 g/mol. The lowest BCUT2D eigenvalue weighted by Crippen LogP contribution is -2.23. The third-order valence-corrected chi connectivity index (χ3v) is 3.97. The Labute approximate surface area is 82.9 Å². The zero-order chi connectivity index (χ0) is 8.97. The summed E-state index contributed by atoms with van der Waals surface area (Å²) in [6.07, 6.45) is 2.46. The molecule has 5 heteroatoms. The average molecular weight is 222 g/mol. The molecule has 0 N–H and O–H groups in total. The highest BCUT2D eigenvalue weighted by atomic mass is 35.5. The van der Waals surface area contributed by atoms with Crippen molar-refractivity contribution in [2.24, 2.45) is 0 Å². The van der Waals surface area contributed by atoms with Crippen molar-refractivity contribution in [1.29, 1.82) is 0 Å². The van der Waals surface area contributed by atoms with Crippen molar-refractivity contribution < 1.29 is 0 Å². The van der Waals surface area contributed by atoms with Crippen molar-refractivity contribution in [2.75, 3.05) is 0 Å². The largest absolute Gasteiger partial charge is 0.319 e. The predicted octanol–water partition coefficient (Wildman–Crippen LogP) is 0.736. The van der Waals surface area contributed by atoms with Crippen LogP contribution in [0, 0.1) is 0 Å². The topological polar surface area (TPSA) is 22.0 Å². The maximum absolute atomic E-state index is 11.1. The highest BCUT2D eigenvalue weighted by molar-refractivity contribution is 6.68. The second-order valence-corrected chi connectivity index (χ2v) is 6.57. The van der Waals surface area contributed by atoms with E-state index in [1.807, 2.05) is 6.07 Å². The predicted molar refractivity (Wildman–Crippen MR) is 54.7 cm³/mol. The molecule has 12 heavy (non-hydrogen) atoms. The number of aromatic nitrogens is 1. The van der Waals surface area contributed by atoms with Gasteiger partial charge in [-0.3, -0.25) is 4.79 Å². The third kappa shape index (κ3) is 3.01. The van der Waals surface area contributed by atoms with Crippen LogP contribution in [0.5, 0.6) is 0 Å². The van der Waals surface area contributed by atoms with Gasteiger partial charge in [0.2, 0.25) is 5.56 Å². The van der Waals surface area contributed by atoms with Crippen LogP contribution < -0.4 is 5.56 Å². The third-order valence-electron chi connectivity index (χ3n) is 1.49. The van der Waals surface area contributed by atoms with Gasteiger partial charge in [-0.1, -0.05) is 6.07 Å². The molecule has 0 atom stereocenters. The van der Waals surface area contributed by atoms with Crippen LogP contribution in [-0.2, 0) is 6.17 Å². The van der Waals surface area contributed by atoms with E-state index in [0.29, 0.717) is 6.17 Å². The van der Waals surface area contributed by atoms with Crippen LogP contribution in [0.2, 0.25) is 0 Å². The van der Waals surface area contributed by atoms with Gasteiger partial charge in [0.05, 0.1) is 14.0 Å². The van der Waals surface area contributed by atoms with E-state index in [4.69, 9.17) is 23.2 Å². The van der Waals surface area contributed by atoms with E-state index in [-0.39, 0.29) is 10.0 Å². The molecule has 0 aliphatic rings. The molecule has 0 fully saturated rings. The van der Waals surface area contributed by atoms with Gasteiger partial charge in [0.1, 0.15) is 0 Å². The van der Waals surface area contributed by atoms with Gasteiger partial charge >= 0.3 is 0 Å². The number of pyridine rings is 1. The number of rotatable bonds is 3. The zero-order valence-electron chi connectivity index (χ0n) is 6.41. The summed E-state index contributed by atoms with van der Waals surface area (Å²) in [5, 5.41) is 0. The lowest BCUT2D eigenvalue weighted by Gasteiger charge is -2.03. The Balaban J connectivity index is 2.64. The summed E-state index contributed by atoms with van der Waals surface area (Å²) in [4.78, 5) is 11.1. The molecule has 0 aliphatic carbocycles. The van der Waals surface area contributed by atoms with Crippen molar-refractivity contribution in [2.45, 2.75) is 10.6 Å². The van der Waals surface area contributed by atoms with Crippen LogP contribution in [0.4, 0.5) is 0 Å². The molecular formula is C7H9Cl2NOSi. The van der Waals surface area contributed by atoms with E-state index in [1.54, 1.807) is 16.8 Å². The minimum absolute atomic E-state index is 0.0129. The first kappa shape index (κ1) is 9.83. The molecule has 0 spiro atoms. The molecule has 1 aromatic rings. The number of halogens is 2. The van der Waals surface area contributed by atoms with Gasteiger partial charge in [-0.15, -0.1) is 23.2 Å². The van der Waals surface area contributed by atoms with Crippen molar-refractivity contribution >= 4 is 32.7 Å². The molecule has 0 saturated heterocycles. The summed E-state index contributed by atoms with van der Waals surface area (Å²) in [6, 6.07) is 5.08.